The smallest absolute Gasteiger partial charge is 0.407 e. The largest absolute Gasteiger partial charge is 0.465 e. The van der Waals surface area contributed by atoms with Crippen molar-refractivity contribution in [1.29, 1.82) is 0 Å². The number of fused-ring (bicyclic) bond motifs is 1. The summed E-state index contributed by atoms with van der Waals surface area (Å²) >= 11 is 0. The molecular formula is C34H42N8O3. The Hall–Kier alpha value is -4.22. The molecule has 1 aliphatic carbocycles. The standard InChI is InChI=1S/C34H42N8O3/c35-32-30-31(25-6-12-29(13-7-25)45-28-4-2-1-3-5-28)38-42(33(30)37-23-36-32)27-10-8-26(9-11-27)40-20-18-39(19-21-40)22-24-14-16-41(17-15-24)34(43)44/h1-7,12-13,23-24,26-27H,8-11,14-22H2,(H,43,44)(H2,35,36,37). The SMILES string of the molecule is Nc1ncnc2c1c(-c1ccc(Oc3ccccc3)cc1)nn2C1CCC(N2CCN(CC3CCN(C(=O)O)CC3)CC2)CC1. The van der Waals surface area contributed by atoms with Crippen molar-refractivity contribution in [2.75, 3.05) is 51.5 Å². The maximum atomic E-state index is 11.2. The number of piperazine rings is 1. The number of rotatable bonds is 7. The maximum absolute atomic E-state index is 11.2. The predicted molar refractivity (Wildman–Crippen MR) is 173 cm³/mol. The van der Waals surface area contributed by atoms with E-state index in [-0.39, 0.29) is 6.04 Å². The van der Waals surface area contributed by atoms with Gasteiger partial charge in [-0.25, -0.2) is 19.4 Å². The Morgan fingerprint density at radius 1 is 0.822 bits per heavy atom. The second-order valence-corrected chi connectivity index (χ2v) is 12.7. The second-order valence-electron chi connectivity index (χ2n) is 12.7. The molecule has 236 valence electrons. The number of hydrogen-bond donors (Lipinski definition) is 2. The van der Waals surface area contributed by atoms with Crippen molar-refractivity contribution >= 4 is 22.9 Å². The van der Waals surface area contributed by atoms with Crippen molar-refractivity contribution in [3.8, 4) is 22.8 Å². The number of likely N-dealkylation sites (tertiary alicyclic amines) is 1. The normalized spacial score (nSPS) is 22.1. The summed E-state index contributed by atoms with van der Waals surface area (Å²) < 4.78 is 8.09. The molecule has 2 aliphatic heterocycles. The molecule has 3 N–H and O–H groups in total. The first kappa shape index (κ1) is 29.5. The molecule has 0 unspecified atom stereocenters. The summed E-state index contributed by atoms with van der Waals surface area (Å²) in [5.74, 6) is 2.61. The minimum absolute atomic E-state index is 0.269. The van der Waals surface area contributed by atoms with Gasteiger partial charge in [0.25, 0.3) is 0 Å². The van der Waals surface area contributed by atoms with Crippen LogP contribution in [-0.2, 0) is 0 Å². The zero-order chi connectivity index (χ0) is 30.8. The summed E-state index contributed by atoms with van der Waals surface area (Å²) in [6, 6.07) is 18.6. The summed E-state index contributed by atoms with van der Waals surface area (Å²) in [4.78, 5) is 27.0. The van der Waals surface area contributed by atoms with E-state index in [4.69, 9.17) is 15.6 Å². The van der Waals surface area contributed by atoms with Crippen LogP contribution in [0.3, 0.4) is 0 Å². The number of nitrogens with zero attached hydrogens (tertiary/aromatic N) is 7. The molecule has 0 atom stereocenters. The monoisotopic (exact) mass is 610 g/mol. The minimum Gasteiger partial charge on any atom is -0.465 e. The lowest BCUT2D eigenvalue weighted by Gasteiger charge is -2.43. The van der Waals surface area contributed by atoms with Crippen LogP contribution in [-0.4, -0.2) is 97.5 Å². The Balaban J connectivity index is 0.969. The summed E-state index contributed by atoms with van der Waals surface area (Å²) in [7, 11) is 0. The molecule has 3 aliphatic rings. The van der Waals surface area contributed by atoms with Crippen molar-refractivity contribution in [2.24, 2.45) is 5.92 Å². The van der Waals surface area contributed by atoms with Gasteiger partial charge in [0.15, 0.2) is 5.65 Å². The molecule has 2 aromatic heterocycles. The van der Waals surface area contributed by atoms with Gasteiger partial charge in [0, 0.05) is 57.4 Å². The molecule has 3 fully saturated rings. The molecular weight excluding hydrogens is 568 g/mol. The van der Waals surface area contributed by atoms with Gasteiger partial charge >= 0.3 is 6.09 Å². The van der Waals surface area contributed by atoms with Gasteiger partial charge in [-0.15, -0.1) is 0 Å². The molecule has 2 saturated heterocycles. The Morgan fingerprint density at radius 2 is 1.49 bits per heavy atom. The van der Waals surface area contributed by atoms with Crippen molar-refractivity contribution in [1.82, 2.24) is 34.4 Å². The van der Waals surface area contributed by atoms with Crippen molar-refractivity contribution in [2.45, 2.75) is 50.6 Å². The zero-order valence-electron chi connectivity index (χ0n) is 25.7. The molecule has 1 amide bonds. The number of aromatic nitrogens is 4. The lowest BCUT2D eigenvalue weighted by Crippen LogP contribution is -2.52. The topological polar surface area (TPSA) is 126 Å². The van der Waals surface area contributed by atoms with E-state index in [1.165, 1.54) is 6.33 Å². The Bertz CT molecular complexity index is 1590. The predicted octanol–water partition coefficient (Wildman–Crippen LogP) is 5.36. The van der Waals surface area contributed by atoms with Gasteiger partial charge in [-0.3, -0.25) is 4.90 Å². The van der Waals surface area contributed by atoms with Gasteiger partial charge in [-0.2, -0.15) is 5.10 Å². The molecule has 4 heterocycles. The number of carbonyl (C=O) groups is 1. The van der Waals surface area contributed by atoms with Crippen LogP contribution in [0.5, 0.6) is 11.5 Å². The number of benzene rings is 2. The summed E-state index contributed by atoms with van der Waals surface area (Å²) in [6.45, 7) is 6.83. The zero-order valence-corrected chi connectivity index (χ0v) is 25.7. The third-order valence-electron chi connectivity index (χ3n) is 9.96. The number of nitrogen functional groups attached to an aromatic ring is 1. The average molecular weight is 611 g/mol. The fraction of sp³-hybridized carbons (Fsp3) is 0.471. The van der Waals surface area contributed by atoms with Crippen LogP contribution in [0.15, 0.2) is 60.9 Å². The summed E-state index contributed by atoms with van der Waals surface area (Å²) in [5.41, 5.74) is 8.98. The third-order valence-corrected chi connectivity index (χ3v) is 9.96. The number of anilines is 1. The molecule has 4 aromatic rings. The Labute approximate surface area is 263 Å². The summed E-state index contributed by atoms with van der Waals surface area (Å²) in [6.07, 6.45) is 7.10. The molecule has 11 heteroatoms. The van der Waals surface area contributed by atoms with E-state index in [1.807, 2.05) is 54.6 Å². The van der Waals surface area contributed by atoms with Crippen molar-refractivity contribution < 1.29 is 14.6 Å². The van der Waals surface area contributed by atoms with E-state index >= 15 is 0 Å². The average Bonchev–Trinajstić information content (AvgIpc) is 3.47. The molecule has 1 saturated carbocycles. The van der Waals surface area contributed by atoms with Crippen LogP contribution < -0.4 is 10.5 Å². The first-order chi connectivity index (χ1) is 22.0. The van der Waals surface area contributed by atoms with Gasteiger partial charge in [0.1, 0.15) is 29.3 Å². The number of nitrogens with two attached hydrogens (primary N) is 1. The van der Waals surface area contributed by atoms with E-state index in [0.717, 1.165) is 105 Å². The van der Waals surface area contributed by atoms with Crippen LogP contribution in [0.1, 0.15) is 44.6 Å². The van der Waals surface area contributed by atoms with E-state index in [9.17, 15) is 9.90 Å². The molecule has 2 aromatic carbocycles. The Morgan fingerprint density at radius 3 is 2.18 bits per heavy atom. The highest BCUT2D eigenvalue weighted by molar-refractivity contribution is 5.98. The van der Waals surface area contributed by atoms with Crippen LogP contribution in [0.25, 0.3) is 22.3 Å². The number of hydrogen-bond acceptors (Lipinski definition) is 8. The lowest BCUT2D eigenvalue weighted by atomic mass is 9.89. The Kier molecular flexibility index (Phi) is 8.53. The van der Waals surface area contributed by atoms with Crippen LogP contribution in [0.2, 0.25) is 0 Å². The fourth-order valence-electron chi connectivity index (χ4n) is 7.41. The van der Waals surface area contributed by atoms with Gasteiger partial charge in [-0.05, 0) is 80.8 Å². The molecule has 0 bridgehead atoms. The quantitative estimate of drug-likeness (QED) is 0.284. The highest BCUT2D eigenvalue weighted by Crippen LogP contribution is 2.37. The molecule has 45 heavy (non-hydrogen) atoms. The van der Waals surface area contributed by atoms with Crippen molar-refractivity contribution in [3.05, 3.63) is 60.9 Å². The second kappa shape index (κ2) is 13.0. The van der Waals surface area contributed by atoms with Crippen LogP contribution in [0, 0.1) is 5.92 Å². The first-order valence-corrected chi connectivity index (χ1v) is 16.3. The highest BCUT2D eigenvalue weighted by atomic mass is 16.5. The highest BCUT2D eigenvalue weighted by Gasteiger charge is 2.32. The number of piperidine rings is 1. The molecule has 0 radical (unpaired) electrons. The number of carboxylic acid groups (broad SMARTS) is 1. The maximum Gasteiger partial charge on any atom is 0.407 e. The summed E-state index contributed by atoms with van der Waals surface area (Å²) in [5, 5.41) is 15.1. The fourth-order valence-corrected chi connectivity index (χ4v) is 7.41. The van der Waals surface area contributed by atoms with Crippen LogP contribution in [0.4, 0.5) is 10.6 Å². The van der Waals surface area contributed by atoms with Gasteiger partial charge in [-0.1, -0.05) is 18.2 Å². The first-order valence-electron chi connectivity index (χ1n) is 16.3. The number of amides is 1. The molecule has 7 rings (SSSR count). The molecule has 0 spiro atoms. The van der Waals surface area contributed by atoms with E-state index in [1.54, 1.807) is 4.90 Å². The third kappa shape index (κ3) is 6.46. The van der Waals surface area contributed by atoms with Crippen molar-refractivity contribution in [3.63, 3.8) is 0 Å². The van der Waals surface area contributed by atoms with E-state index in [2.05, 4.69) is 24.4 Å². The van der Waals surface area contributed by atoms with Crippen LogP contribution >= 0.6 is 0 Å². The van der Waals surface area contributed by atoms with E-state index < -0.39 is 6.09 Å². The number of ether oxygens (including phenoxy) is 1. The van der Waals surface area contributed by atoms with E-state index in [0.29, 0.717) is 30.9 Å². The lowest BCUT2D eigenvalue weighted by molar-refractivity contribution is 0.0556. The number of para-hydroxylation sites is 1. The van der Waals surface area contributed by atoms with Gasteiger partial charge in [0.05, 0.1) is 11.4 Å². The van der Waals surface area contributed by atoms with Gasteiger partial charge < -0.3 is 25.4 Å². The molecule has 11 nitrogen and oxygen atoms in total. The minimum atomic E-state index is -0.782. The van der Waals surface area contributed by atoms with Gasteiger partial charge in [0.2, 0.25) is 0 Å².